The van der Waals surface area contributed by atoms with Crippen molar-refractivity contribution in [2.75, 3.05) is 5.32 Å². The number of anilines is 2. The zero-order valence-electron chi connectivity index (χ0n) is 10.8. The average Bonchev–Trinajstić information content (AvgIpc) is 2.48. The van der Waals surface area contributed by atoms with Crippen LogP contribution in [0, 0.1) is 47.0 Å². The summed E-state index contributed by atoms with van der Waals surface area (Å²) in [6.45, 7) is 1.24. The maximum atomic E-state index is 13.8. The van der Waals surface area contributed by atoms with Crippen molar-refractivity contribution in [1.82, 2.24) is 0 Å². The van der Waals surface area contributed by atoms with Crippen LogP contribution in [0.3, 0.4) is 0 Å². The molecular weight excluding hydrogens is 279 g/mol. The van der Waals surface area contributed by atoms with Crippen molar-refractivity contribution in [2.45, 2.75) is 6.92 Å². The molecule has 0 bridgehead atoms. The van der Waals surface area contributed by atoms with Gasteiger partial charge in [0.25, 0.3) is 0 Å². The molecular formula is C15H8F3N3. The molecule has 0 amide bonds. The first-order valence-corrected chi connectivity index (χ1v) is 5.84. The van der Waals surface area contributed by atoms with Gasteiger partial charge < -0.3 is 5.32 Å². The molecule has 0 spiro atoms. The number of halogens is 3. The number of hydrogen-bond donors (Lipinski definition) is 1. The van der Waals surface area contributed by atoms with Crippen LogP contribution in [-0.4, -0.2) is 0 Å². The summed E-state index contributed by atoms with van der Waals surface area (Å²) in [5, 5.41) is 20.3. The van der Waals surface area contributed by atoms with Gasteiger partial charge in [0.15, 0.2) is 11.6 Å². The van der Waals surface area contributed by atoms with Crippen LogP contribution < -0.4 is 5.32 Å². The third-order valence-electron chi connectivity index (χ3n) is 2.90. The van der Waals surface area contributed by atoms with Gasteiger partial charge in [0.2, 0.25) is 0 Å². The lowest BCUT2D eigenvalue weighted by Crippen LogP contribution is -2.04. The Morgan fingerprint density at radius 1 is 1.05 bits per heavy atom. The fourth-order valence-electron chi connectivity index (χ4n) is 1.83. The molecule has 0 unspecified atom stereocenters. The molecule has 2 aromatic rings. The summed E-state index contributed by atoms with van der Waals surface area (Å²) in [6.07, 6.45) is 0. The minimum absolute atomic E-state index is 0.0256. The van der Waals surface area contributed by atoms with E-state index in [4.69, 9.17) is 10.5 Å². The molecule has 2 rings (SSSR count). The number of hydrogen-bond acceptors (Lipinski definition) is 3. The third-order valence-corrected chi connectivity index (χ3v) is 2.90. The first kappa shape index (κ1) is 14.4. The van der Waals surface area contributed by atoms with Crippen LogP contribution in [-0.2, 0) is 0 Å². The summed E-state index contributed by atoms with van der Waals surface area (Å²) >= 11 is 0. The van der Waals surface area contributed by atoms with Gasteiger partial charge in [-0.2, -0.15) is 10.5 Å². The van der Waals surface area contributed by atoms with E-state index in [0.29, 0.717) is 0 Å². The maximum Gasteiger partial charge on any atom is 0.185 e. The lowest BCUT2D eigenvalue weighted by atomic mass is 10.1. The van der Waals surface area contributed by atoms with E-state index in [2.05, 4.69) is 5.32 Å². The molecule has 2 aromatic carbocycles. The normalized spacial score (nSPS) is 9.81. The van der Waals surface area contributed by atoms with Crippen molar-refractivity contribution in [1.29, 1.82) is 10.5 Å². The fraction of sp³-hybridized carbons (Fsp3) is 0.0667. The molecule has 0 saturated heterocycles. The van der Waals surface area contributed by atoms with Gasteiger partial charge in [0, 0.05) is 0 Å². The molecule has 3 nitrogen and oxygen atoms in total. The van der Waals surface area contributed by atoms with Gasteiger partial charge in [0.05, 0.1) is 16.8 Å². The van der Waals surface area contributed by atoms with E-state index in [1.807, 2.05) is 0 Å². The monoisotopic (exact) mass is 287 g/mol. The number of aryl methyl sites for hydroxylation is 1. The SMILES string of the molecule is Cc1cc(F)c(Nc2cccc(C#N)c2C#N)c(F)c1F. The van der Waals surface area contributed by atoms with Crippen LogP contribution in [0.15, 0.2) is 24.3 Å². The average molecular weight is 287 g/mol. The zero-order valence-corrected chi connectivity index (χ0v) is 10.8. The van der Waals surface area contributed by atoms with Crippen LogP contribution in [0.4, 0.5) is 24.5 Å². The molecule has 6 heteroatoms. The van der Waals surface area contributed by atoms with Crippen LogP contribution in [0.2, 0.25) is 0 Å². The lowest BCUT2D eigenvalue weighted by molar-refractivity contribution is 0.494. The molecule has 0 aliphatic carbocycles. The highest BCUT2D eigenvalue weighted by molar-refractivity contribution is 5.70. The second-order valence-electron chi connectivity index (χ2n) is 4.25. The highest BCUT2D eigenvalue weighted by Gasteiger charge is 2.18. The molecule has 0 heterocycles. The molecule has 0 aliphatic heterocycles. The van der Waals surface area contributed by atoms with Crippen molar-refractivity contribution in [3.8, 4) is 12.1 Å². The number of rotatable bonds is 2. The Bertz CT molecular complexity index is 801. The highest BCUT2D eigenvalue weighted by atomic mass is 19.2. The van der Waals surface area contributed by atoms with E-state index in [1.54, 1.807) is 12.1 Å². The van der Waals surface area contributed by atoms with E-state index >= 15 is 0 Å². The molecule has 0 atom stereocenters. The third kappa shape index (κ3) is 2.52. The summed E-state index contributed by atoms with van der Waals surface area (Å²) in [5.41, 5.74) is -0.861. The molecule has 1 N–H and O–H groups in total. The largest absolute Gasteiger partial charge is 0.350 e. The number of nitrogens with one attached hydrogen (secondary N) is 1. The maximum absolute atomic E-state index is 13.8. The van der Waals surface area contributed by atoms with Crippen LogP contribution >= 0.6 is 0 Å². The fourth-order valence-corrected chi connectivity index (χ4v) is 1.83. The Labute approximate surface area is 118 Å². The predicted octanol–water partition coefficient (Wildman–Crippen LogP) is 3.90. The first-order valence-electron chi connectivity index (χ1n) is 5.84. The van der Waals surface area contributed by atoms with Crippen molar-refractivity contribution in [3.63, 3.8) is 0 Å². The summed E-state index contributed by atoms with van der Waals surface area (Å²) in [4.78, 5) is 0. The Balaban J connectivity index is 2.58. The van der Waals surface area contributed by atoms with Crippen LogP contribution in [0.5, 0.6) is 0 Å². The molecule has 0 aliphatic rings. The molecule has 0 fully saturated rings. The summed E-state index contributed by atoms with van der Waals surface area (Å²) in [7, 11) is 0. The quantitative estimate of drug-likeness (QED) is 0.852. The molecule has 0 aromatic heterocycles. The van der Waals surface area contributed by atoms with E-state index in [1.165, 1.54) is 25.1 Å². The summed E-state index contributed by atoms with van der Waals surface area (Å²) < 4.78 is 41.1. The Morgan fingerprint density at radius 2 is 1.76 bits per heavy atom. The molecule has 0 saturated carbocycles. The van der Waals surface area contributed by atoms with Crippen molar-refractivity contribution < 1.29 is 13.2 Å². The van der Waals surface area contributed by atoms with Gasteiger partial charge in [-0.15, -0.1) is 0 Å². The predicted molar refractivity (Wildman–Crippen MR) is 70.2 cm³/mol. The van der Waals surface area contributed by atoms with Crippen molar-refractivity contribution in [3.05, 3.63) is 58.4 Å². The second kappa shape index (κ2) is 5.56. The Kier molecular flexibility index (Phi) is 3.82. The van der Waals surface area contributed by atoms with Crippen molar-refractivity contribution in [2.24, 2.45) is 0 Å². The summed E-state index contributed by atoms with van der Waals surface area (Å²) in [5.74, 6) is -3.54. The smallest absolute Gasteiger partial charge is 0.185 e. The van der Waals surface area contributed by atoms with Crippen molar-refractivity contribution >= 4 is 11.4 Å². The van der Waals surface area contributed by atoms with E-state index < -0.39 is 23.1 Å². The van der Waals surface area contributed by atoms with Gasteiger partial charge in [-0.25, -0.2) is 13.2 Å². The lowest BCUT2D eigenvalue weighted by Gasteiger charge is -2.12. The second-order valence-corrected chi connectivity index (χ2v) is 4.25. The van der Waals surface area contributed by atoms with E-state index in [-0.39, 0.29) is 22.4 Å². The summed E-state index contributed by atoms with van der Waals surface area (Å²) in [6, 6.07) is 8.64. The van der Waals surface area contributed by atoms with Crippen LogP contribution in [0.25, 0.3) is 0 Å². The molecule has 104 valence electrons. The molecule has 21 heavy (non-hydrogen) atoms. The minimum Gasteiger partial charge on any atom is -0.350 e. The van der Waals surface area contributed by atoms with Crippen LogP contribution in [0.1, 0.15) is 16.7 Å². The van der Waals surface area contributed by atoms with E-state index in [9.17, 15) is 13.2 Å². The zero-order chi connectivity index (χ0) is 15.6. The molecule has 0 radical (unpaired) electrons. The van der Waals surface area contributed by atoms with Gasteiger partial charge >= 0.3 is 0 Å². The Morgan fingerprint density at radius 3 is 2.38 bits per heavy atom. The minimum atomic E-state index is -1.38. The Hall–Kier alpha value is -2.99. The topological polar surface area (TPSA) is 59.6 Å². The standard InChI is InChI=1S/C15H8F3N3/c1-8-5-11(16)15(14(18)13(8)17)21-12-4-2-3-9(6-19)10(12)7-20/h2-5,21H,1H3. The highest BCUT2D eigenvalue weighted by Crippen LogP contribution is 2.29. The number of nitrogens with zero attached hydrogens (tertiary/aromatic N) is 2. The number of nitriles is 2. The van der Waals surface area contributed by atoms with Gasteiger partial charge in [-0.3, -0.25) is 0 Å². The number of benzene rings is 2. The van der Waals surface area contributed by atoms with Gasteiger partial charge in [-0.05, 0) is 30.7 Å². The van der Waals surface area contributed by atoms with E-state index in [0.717, 1.165) is 6.07 Å². The first-order chi connectivity index (χ1) is 9.99. The van der Waals surface area contributed by atoms with Gasteiger partial charge in [0.1, 0.15) is 23.6 Å². The van der Waals surface area contributed by atoms with Gasteiger partial charge in [-0.1, -0.05) is 6.07 Å².